The van der Waals surface area contributed by atoms with Gasteiger partial charge in [-0.2, -0.15) is 0 Å². The summed E-state index contributed by atoms with van der Waals surface area (Å²) in [5.74, 6) is -2.16. The summed E-state index contributed by atoms with van der Waals surface area (Å²) < 4.78 is 26.2. The van der Waals surface area contributed by atoms with Crippen LogP contribution in [0.25, 0.3) is 0 Å². The Morgan fingerprint density at radius 3 is 2.53 bits per heavy atom. The Kier molecular flexibility index (Phi) is 3.50. The van der Waals surface area contributed by atoms with Gasteiger partial charge in [0, 0.05) is 12.1 Å². The molecule has 102 valence electrons. The molecule has 1 aromatic carbocycles. The standard InChI is InChI=1S/C13H14F2N2O2/c1-7(2)17-12(18)6-11(13(17)19)16-10-4-3-8(14)5-9(10)15/h3-5,7,11,16H,6H2,1-2H3. The number of imide groups is 1. The minimum Gasteiger partial charge on any atom is -0.371 e. The molecule has 1 aromatic rings. The van der Waals surface area contributed by atoms with Crippen LogP contribution in [0.1, 0.15) is 20.3 Å². The summed E-state index contributed by atoms with van der Waals surface area (Å²) in [6, 6.07) is 2.00. The molecule has 1 heterocycles. The molecule has 0 saturated carbocycles. The number of amides is 2. The van der Waals surface area contributed by atoms with Crippen LogP contribution >= 0.6 is 0 Å². The van der Waals surface area contributed by atoms with Gasteiger partial charge in [0.15, 0.2) is 0 Å². The van der Waals surface area contributed by atoms with Gasteiger partial charge in [-0.15, -0.1) is 0 Å². The minimum absolute atomic E-state index is 0.0122. The van der Waals surface area contributed by atoms with Gasteiger partial charge in [-0.3, -0.25) is 14.5 Å². The Morgan fingerprint density at radius 2 is 2.00 bits per heavy atom. The smallest absolute Gasteiger partial charge is 0.252 e. The summed E-state index contributed by atoms with van der Waals surface area (Å²) in [6.45, 7) is 3.47. The number of carbonyl (C=O) groups is 2. The van der Waals surface area contributed by atoms with Crippen molar-refractivity contribution in [2.45, 2.75) is 32.4 Å². The number of nitrogens with one attached hydrogen (secondary N) is 1. The molecular formula is C13H14F2N2O2. The van der Waals surface area contributed by atoms with Gasteiger partial charge in [0.1, 0.15) is 17.7 Å². The van der Waals surface area contributed by atoms with Crippen molar-refractivity contribution in [3.8, 4) is 0 Å². The van der Waals surface area contributed by atoms with Crippen LogP contribution in [-0.2, 0) is 9.59 Å². The van der Waals surface area contributed by atoms with E-state index in [0.717, 1.165) is 17.0 Å². The van der Waals surface area contributed by atoms with Crippen LogP contribution < -0.4 is 5.32 Å². The lowest BCUT2D eigenvalue weighted by Gasteiger charge is -2.19. The summed E-state index contributed by atoms with van der Waals surface area (Å²) in [6.07, 6.45) is -0.0200. The molecule has 1 fully saturated rings. The third kappa shape index (κ3) is 2.57. The first-order valence-corrected chi connectivity index (χ1v) is 5.97. The molecule has 0 radical (unpaired) electrons. The predicted octanol–water partition coefficient (Wildman–Crippen LogP) is 1.91. The second kappa shape index (κ2) is 4.95. The Labute approximate surface area is 109 Å². The number of likely N-dealkylation sites (tertiary alicyclic amines) is 1. The van der Waals surface area contributed by atoms with E-state index in [1.807, 2.05) is 0 Å². The number of rotatable bonds is 3. The van der Waals surface area contributed by atoms with Crippen molar-refractivity contribution < 1.29 is 18.4 Å². The van der Waals surface area contributed by atoms with Crippen LogP contribution in [0.3, 0.4) is 0 Å². The molecule has 0 bridgehead atoms. The molecule has 1 atom stereocenters. The van der Waals surface area contributed by atoms with Gasteiger partial charge < -0.3 is 5.32 Å². The van der Waals surface area contributed by atoms with Crippen LogP contribution in [0.4, 0.5) is 14.5 Å². The topological polar surface area (TPSA) is 49.4 Å². The van der Waals surface area contributed by atoms with Gasteiger partial charge in [0.05, 0.1) is 12.1 Å². The van der Waals surface area contributed by atoms with E-state index in [1.54, 1.807) is 13.8 Å². The van der Waals surface area contributed by atoms with Gasteiger partial charge in [-0.25, -0.2) is 8.78 Å². The van der Waals surface area contributed by atoms with E-state index in [2.05, 4.69) is 5.32 Å². The molecule has 2 rings (SSSR count). The molecule has 0 spiro atoms. The second-order valence-corrected chi connectivity index (χ2v) is 4.72. The minimum atomic E-state index is -0.796. The maximum Gasteiger partial charge on any atom is 0.252 e. The normalized spacial score (nSPS) is 19.4. The quantitative estimate of drug-likeness (QED) is 0.852. The van der Waals surface area contributed by atoms with Crippen molar-refractivity contribution in [1.82, 2.24) is 4.90 Å². The SMILES string of the molecule is CC(C)N1C(=O)CC(Nc2ccc(F)cc2F)C1=O. The number of nitrogens with zero attached hydrogens (tertiary/aromatic N) is 1. The second-order valence-electron chi connectivity index (χ2n) is 4.72. The number of benzene rings is 1. The third-order valence-electron chi connectivity index (χ3n) is 2.96. The summed E-state index contributed by atoms with van der Waals surface area (Å²) in [4.78, 5) is 24.8. The zero-order valence-electron chi connectivity index (χ0n) is 10.6. The van der Waals surface area contributed by atoms with Crippen molar-refractivity contribution in [2.75, 3.05) is 5.32 Å². The van der Waals surface area contributed by atoms with Crippen molar-refractivity contribution in [2.24, 2.45) is 0 Å². The summed E-state index contributed by atoms with van der Waals surface area (Å²) >= 11 is 0. The highest BCUT2D eigenvalue weighted by molar-refractivity contribution is 6.07. The molecule has 6 heteroatoms. The molecule has 1 saturated heterocycles. The average molecular weight is 268 g/mol. The van der Waals surface area contributed by atoms with Gasteiger partial charge in [-0.05, 0) is 26.0 Å². The molecule has 1 unspecified atom stereocenters. The molecule has 1 N–H and O–H groups in total. The average Bonchev–Trinajstić information content (AvgIpc) is 2.58. The van der Waals surface area contributed by atoms with Gasteiger partial charge >= 0.3 is 0 Å². The van der Waals surface area contributed by atoms with E-state index in [9.17, 15) is 18.4 Å². The summed E-state index contributed by atoms with van der Waals surface area (Å²) in [5, 5.41) is 2.65. The Balaban J connectivity index is 2.16. The molecule has 1 aliphatic heterocycles. The molecule has 2 amide bonds. The van der Waals surface area contributed by atoms with Crippen LogP contribution in [0.15, 0.2) is 18.2 Å². The van der Waals surface area contributed by atoms with Crippen LogP contribution in [0, 0.1) is 11.6 Å². The Bertz CT molecular complexity index is 531. The first kappa shape index (κ1) is 13.5. The number of halogens is 2. The lowest BCUT2D eigenvalue weighted by molar-refractivity contribution is -0.140. The van der Waals surface area contributed by atoms with E-state index >= 15 is 0 Å². The Morgan fingerprint density at radius 1 is 1.32 bits per heavy atom. The van der Waals surface area contributed by atoms with Gasteiger partial charge in [0.2, 0.25) is 5.91 Å². The fraction of sp³-hybridized carbons (Fsp3) is 0.385. The molecule has 4 nitrogen and oxygen atoms in total. The molecule has 1 aliphatic rings. The van der Waals surface area contributed by atoms with E-state index < -0.39 is 17.7 Å². The third-order valence-corrected chi connectivity index (χ3v) is 2.96. The number of anilines is 1. The first-order chi connectivity index (χ1) is 8.90. The number of carbonyl (C=O) groups excluding carboxylic acids is 2. The zero-order valence-corrected chi connectivity index (χ0v) is 10.6. The molecule has 0 aliphatic carbocycles. The first-order valence-electron chi connectivity index (χ1n) is 5.97. The van der Waals surface area contributed by atoms with Crippen LogP contribution in [0.5, 0.6) is 0 Å². The fourth-order valence-corrected chi connectivity index (χ4v) is 2.10. The van der Waals surface area contributed by atoms with E-state index in [4.69, 9.17) is 0 Å². The highest BCUT2D eigenvalue weighted by atomic mass is 19.1. The highest BCUT2D eigenvalue weighted by Gasteiger charge is 2.40. The lowest BCUT2D eigenvalue weighted by atomic mass is 10.2. The van der Waals surface area contributed by atoms with E-state index in [-0.39, 0.29) is 30.0 Å². The number of hydrogen-bond donors (Lipinski definition) is 1. The maximum atomic E-state index is 13.5. The molecule has 0 aromatic heterocycles. The highest BCUT2D eigenvalue weighted by Crippen LogP contribution is 2.22. The Hall–Kier alpha value is -1.98. The van der Waals surface area contributed by atoms with Crippen molar-refractivity contribution in [3.05, 3.63) is 29.8 Å². The summed E-state index contributed by atoms with van der Waals surface area (Å²) in [5.41, 5.74) is 0.0122. The number of hydrogen-bond acceptors (Lipinski definition) is 3. The predicted molar refractivity (Wildman–Crippen MR) is 65.4 cm³/mol. The van der Waals surface area contributed by atoms with Crippen LogP contribution in [0.2, 0.25) is 0 Å². The maximum absolute atomic E-state index is 13.5. The van der Waals surface area contributed by atoms with Gasteiger partial charge in [-0.1, -0.05) is 0 Å². The lowest BCUT2D eigenvalue weighted by Crippen LogP contribution is -2.39. The van der Waals surface area contributed by atoms with Crippen LogP contribution in [-0.4, -0.2) is 28.8 Å². The van der Waals surface area contributed by atoms with Crippen molar-refractivity contribution in [3.63, 3.8) is 0 Å². The summed E-state index contributed by atoms with van der Waals surface area (Å²) in [7, 11) is 0. The van der Waals surface area contributed by atoms with Crippen molar-refractivity contribution >= 4 is 17.5 Å². The molecular weight excluding hydrogens is 254 g/mol. The van der Waals surface area contributed by atoms with E-state index in [1.165, 1.54) is 6.07 Å². The van der Waals surface area contributed by atoms with Crippen molar-refractivity contribution in [1.29, 1.82) is 0 Å². The largest absolute Gasteiger partial charge is 0.371 e. The zero-order chi connectivity index (χ0) is 14.2. The van der Waals surface area contributed by atoms with Gasteiger partial charge in [0.25, 0.3) is 5.91 Å². The molecule has 19 heavy (non-hydrogen) atoms. The monoisotopic (exact) mass is 268 g/mol. The fourth-order valence-electron chi connectivity index (χ4n) is 2.10. The van der Waals surface area contributed by atoms with E-state index in [0.29, 0.717) is 0 Å².